The van der Waals surface area contributed by atoms with Crippen molar-refractivity contribution in [2.45, 2.75) is 10.8 Å². The molecule has 0 aliphatic heterocycles. The van der Waals surface area contributed by atoms with Crippen LogP contribution in [0.1, 0.15) is 44.5 Å². The molecule has 13 aromatic carbocycles. The van der Waals surface area contributed by atoms with E-state index < -0.39 is 10.8 Å². The first-order valence-electron chi connectivity index (χ1n) is 28.4. The molecule has 0 atom stereocenters. The molecule has 2 aliphatic carbocycles. The zero-order chi connectivity index (χ0) is 54.5. The summed E-state index contributed by atoms with van der Waals surface area (Å²) in [5.74, 6) is 0. The molecule has 0 saturated carbocycles. The van der Waals surface area contributed by atoms with Crippen LogP contribution in [-0.2, 0) is 10.8 Å². The lowest BCUT2D eigenvalue weighted by Gasteiger charge is -2.35. The minimum absolute atomic E-state index is 0.562. The Bertz CT molecular complexity index is 4350. The van der Waals surface area contributed by atoms with Gasteiger partial charge in [0.1, 0.15) is 0 Å². The molecule has 15 rings (SSSR count). The van der Waals surface area contributed by atoms with Gasteiger partial charge in [-0.2, -0.15) is 0 Å². The van der Waals surface area contributed by atoms with Crippen molar-refractivity contribution in [3.05, 3.63) is 384 Å². The van der Waals surface area contributed by atoms with Gasteiger partial charge in [-0.15, -0.1) is 0 Å². The highest BCUT2D eigenvalue weighted by molar-refractivity contribution is 6.00. The molecule has 0 radical (unpaired) electrons. The summed E-state index contributed by atoms with van der Waals surface area (Å²) in [5.41, 5.74) is 24.8. The molecule has 0 spiro atoms. The third-order valence-electron chi connectivity index (χ3n) is 17.2. The fourth-order valence-electron chi connectivity index (χ4n) is 13.8. The van der Waals surface area contributed by atoms with Crippen LogP contribution >= 0.6 is 0 Å². The van der Waals surface area contributed by atoms with E-state index in [1.807, 2.05) is 0 Å². The molecule has 2 heteroatoms. The first-order valence-corrected chi connectivity index (χ1v) is 28.4. The largest absolute Gasteiger partial charge is 0.310 e. The minimum atomic E-state index is -0.586. The van der Waals surface area contributed by atoms with Crippen LogP contribution in [0.5, 0.6) is 0 Å². The minimum Gasteiger partial charge on any atom is -0.310 e. The first kappa shape index (κ1) is 48.6. The third kappa shape index (κ3) is 7.71. The van der Waals surface area contributed by atoms with Crippen LogP contribution in [0.2, 0.25) is 0 Å². The molecular weight excluding hydrogens is 989 g/mol. The van der Waals surface area contributed by atoms with E-state index in [0.717, 1.165) is 45.3 Å². The summed E-state index contributed by atoms with van der Waals surface area (Å²) in [5, 5.41) is 0. The number of rotatable bonds is 12. The van der Waals surface area contributed by atoms with Gasteiger partial charge in [-0.3, -0.25) is 0 Å². The van der Waals surface area contributed by atoms with E-state index in [1.165, 1.54) is 77.9 Å². The van der Waals surface area contributed by atoms with Crippen molar-refractivity contribution in [1.82, 2.24) is 0 Å². The highest BCUT2D eigenvalue weighted by Crippen LogP contribution is 2.61. The molecule has 82 heavy (non-hydrogen) atoms. The molecule has 0 bridgehead atoms. The average Bonchev–Trinajstić information content (AvgIpc) is 2.82. The fraction of sp³-hybridized carbons (Fsp3) is 0.0250. The van der Waals surface area contributed by atoms with Gasteiger partial charge < -0.3 is 9.80 Å². The second-order valence-electron chi connectivity index (χ2n) is 21.5. The van der Waals surface area contributed by atoms with E-state index in [1.54, 1.807) is 0 Å². The van der Waals surface area contributed by atoms with Gasteiger partial charge in [0.2, 0.25) is 0 Å². The summed E-state index contributed by atoms with van der Waals surface area (Å²) in [7, 11) is 0. The van der Waals surface area contributed by atoms with Gasteiger partial charge >= 0.3 is 0 Å². The van der Waals surface area contributed by atoms with Gasteiger partial charge in [-0.1, -0.05) is 285 Å². The molecule has 2 nitrogen and oxygen atoms in total. The number of hydrogen-bond donors (Lipinski definition) is 0. The zero-order valence-electron chi connectivity index (χ0n) is 45.2. The number of para-hydroxylation sites is 2. The smallest absolute Gasteiger partial charge is 0.0714 e. The normalized spacial score (nSPS) is 13.1. The maximum absolute atomic E-state index is 2.53. The zero-order valence-corrected chi connectivity index (χ0v) is 45.2. The lowest BCUT2D eigenvalue weighted by molar-refractivity contribution is 0.768. The Hall–Kier alpha value is -10.5. The Kier molecular flexibility index (Phi) is 12.0. The average molecular weight is 1050 g/mol. The van der Waals surface area contributed by atoms with Crippen molar-refractivity contribution < 1.29 is 0 Å². The van der Waals surface area contributed by atoms with Crippen molar-refractivity contribution in [2.75, 3.05) is 9.80 Å². The molecule has 0 amide bonds. The number of nitrogens with zero attached hydrogens (tertiary/aromatic N) is 2. The molecule has 386 valence electrons. The van der Waals surface area contributed by atoms with E-state index in [-0.39, 0.29) is 0 Å². The van der Waals surface area contributed by atoms with E-state index in [0.29, 0.717) is 0 Å². The van der Waals surface area contributed by atoms with Crippen LogP contribution in [0, 0.1) is 0 Å². The van der Waals surface area contributed by atoms with Crippen LogP contribution in [-0.4, -0.2) is 0 Å². The van der Waals surface area contributed by atoms with E-state index in [9.17, 15) is 0 Å². The maximum atomic E-state index is 2.53. The Balaban J connectivity index is 0.964. The maximum Gasteiger partial charge on any atom is 0.0714 e. The van der Waals surface area contributed by atoms with Crippen LogP contribution < -0.4 is 9.80 Å². The topological polar surface area (TPSA) is 6.48 Å². The summed E-state index contributed by atoms with van der Waals surface area (Å²) >= 11 is 0. The highest BCUT2D eigenvalue weighted by Gasteiger charge is 2.48. The second kappa shape index (κ2) is 20.3. The molecule has 0 fully saturated rings. The van der Waals surface area contributed by atoms with E-state index >= 15 is 0 Å². The Labute approximate surface area is 480 Å². The lowest BCUT2D eigenvalue weighted by Crippen LogP contribution is -2.28. The SMILES string of the molecule is c1ccc(-c2ccc(-c3ccccc3N(c3cccc(N(c4ccccc4)c4cccc(C5(c6ccccc6)c6ccccc6-c6ccccc65)c4)c3)c3cccc4c3-c3ccccc3C4(c3ccccc3)c3ccccc3)cc2)cc1. The predicted octanol–water partition coefficient (Wildman–Crippen LogP) is 20.7. The van der Waals surface area contributed by atoms with E-state index in [2.05, 4.69) is 350 Å². The Morgan fingerprint density at radius 3 is 1.13 bits per heavy atom. The molecule has 0 unspecified atom stereocenters. The summed E-state index contributed by atoms with van der Waals surface area (Å²) in [6, 6.07) is 125. The van der Waals surface area contributed by atoms with Crippen LogP contribution in [0.4, 0.5) is 34.1 Å². The van der Waals surface area contributed by atoms with Crippen LogP contribution in [0.25, 0.3) is 44.5 Å². The van der Waals surface area contributed by atoms with Crippen molar-refractivity contribution in [1.29, 1.82) is 0 Å². The Morgan fingerprint density at radius 1 is 0.195 bits per heavy atom. The summed E-state index contributed by atoms with van der Waals surface area (Å²) < 4.78 is 0. The van der Waals surface area contributed by atoms with Crippen LogP contribution in [0.3, 0.4) is 0 Å². The van der Waals surface area contributed by atoms with Gasteiger partial charge in [-0.05, 0) is 132 Å². The number of anilines is 6. The predicted molar refractivity (Wildman–Crippen MR) is 341 cm³/mol. The van der Waals surface area contributed by atoms with Gasteiger partial charge in [0.15, 0.2) is 0 Å². The quantitative estimate of drug-likeness (QED) is 0.120. The van der Waals surface area contributed by atoms with Crippen molar-refractivity contribution in [2.24, 2.45) is 0 Å². The molecule has 0 N–H and O–H groups in total. The van der Waals surface area contributed by atoms with Crippen molar-refractivity contribution >= 4 is 34.1 Å². The third-order valence-corrected chi connectivity index (χ3v) is 17.2. The standard InChI is InChI=1S/C80H56N2/c1-6-27-57(28-7-1)58-51-53-59(54-52-58)68-41-19-23-49-76(68)82(77-50-26-48-75-78(77)71-44-18-22-47-74(71)79(75,60-29-8-2-9-30-60)61-31-10-3-11-32-61)67-40-25-39-66(56-67)81(64-36-14-5-15-37-64)65-38-24-35-63(55-65)80(62-33-12-4-13-34-62)72-45-20-16-42-69(72)70-43-17-21-46-73(70)80/h1-56H. The van der Waals surface area contributed by atoms with Gasteiger partial charge in [0, 0.05) is 33.9 Å². The molecule has 0 aromatic heterocycles. The van der Waals surface area contributed by atoms with Gasteiger partial charge in [0.25, 0.3) is 0 Å². The van der Waals surface area contributed by atoms with Crippen LogP contribution in [0.15, 0.2) is 340 Å². The molecule has 0 saturated heterocycles. The number of benzene rings is 13. The lowest BCUT2D eigenvalue weighted by atomic mass is 9.67. The first-order chi connectivity index (χ1) is 40.7. The monoisotopic (exact) mass is 1040 g/mol. The highest BCUT2D eigenvalue weighted by atomic mass is 15.2. The van der Waals surface area contributed by atoms with E-state index in [4.69, 9.17) is 0 Å². The number of hydrogen-bond acceptors (Lipinski definition) is 2. The molecular formula is C80H56N2. The van der Waals surface area contributed by atoms with Gasteiger partial charge in [0.05, 0.1) is 22.2 Å². The molecule has 2 aliphatic rings. The molecule has 13 aromatic rings. The summed E-state index contributed by atoms with van der Waals surface area (Å²) in [4.78, 5) is 4.97. The van der Waals surface area contributed by atoms with Crippen molar-refractivity contribution in [3.63, 3.8) is 0 Å². The molecule has 0 heterocycles. The van der Waals surface area contributed by atoms with Gasteiger partial charge in [-0.25, -0.2) is 0 Å². The fourth-order valence-corrected chi connectivity index (χ4v) is 13.8. The van der Waals surface area contributed by atoms with Crippen molar-refractivity contribution in [3.8, 4) is 44.5 Å². The summed E-state index contributed by atoms with van der Waals surface area (Å²) in [6.45, 7) is 0. The second-order valence-corrected chi connectivity index (χ2v) is 21.5. The number of fused-ring (bicyclic) bond motifs is 6. The Morgan fingerprint density at radius 2 is 0.549 bits per heavy atom. The summed E-state index contributed by atoms with van der Waals surface area (Å²) in [6.07, 6.45) is 0.